The van der Waals surface area contributed by atoms with Gasteiger partial charge in [-0.2, -0.15) is 18.2 Å². The van der Waals surface area contributed by atoms with Crippen LogP contribution in [0.25, 0.3) is 0 Å². The summed E-state index contributed by atoms with van der Waals surface area (Å²) >= 11 is 1.02. The van der Waals surface area contributed by atoms with Crippen molar-refractivity contribution >= 4 is 38.9 Å². The van der Waals surface area contributed by atoms with Crippen molar-refractivity contribution in [1.82, 2.24) is 15.2 Å². The van der Waals surface area contributed by atoms with E-state index in [1.807, 2.05) is 0 Å². The molecular weight excluding hydrogens is 407 g/mol. The summed E-state index contributed by atoms with van der Waals surface area (Å²) in [7, 11) is -3.80. The number of hydrogen-bond acceptors (Lipinski definition) is 6. The molecule has 8 nitrogen and oxygen atoms in total. The summed E-state index contributed by atoms with van der Waals surface area (Å²) in [6, 6.07) is 8.43. The number of amides is 1. The van der Waals surface area contributed by atoms with E-state index in [-0.39, 0.29) is 15.5 Å². The van der Waals surface area contributed by atoms with Gasteiger partial charge >= 0.3 is 6.18 Å². The molecule has 0 unspecified atom stereocenters. The largest absolute Gasteiger partial charge is 0.451 e. The number of rotatable bonds is 5. The number of anilines is 2. The van der Waals surface area contributed by atoms with Crippen LogP contribution >= 0.6 is 11.3 Å². The Morgan fingerprint density at radius 3 is 2.59 bits per heavy atom. The summed E-state index contributed by atoms with van der Waals surface area (Å²) in [5.74, 6) is -2.72. The summed E-state index contributed by atoms with van der Waals surface area (Å²) in [6.07, 6.45) is -4.73. The van der Waals surface area contributed by atoms with Gasteiger partial charge in [-0.05, 0) is 29.6 Å². The number of aromatic amines is 1. The quantitative estimate of drug-likeness (QED) is 0.590. The molecule has 3 N–H and O–H groups in total. The summed E-state index contributed by atoms with van der Waals surface area (Å²) in [4.78, 5) is 15.3. The number of aromatic nitrogens is 3. The van der Waals surface area contributed by atoms with Crippen LogP contribution in [0, 0.1) is 0 Å². The third-order valence-electron chi connectivity index (χ3n) is 3.12. The molecule has 13 heteroatoms. The van der Waals surface area contributed by atoms with Crippen molar-refractivity contribution in [2.45, 2.75) is 10.4 Å². The molecule has 1 amide bonds. The van der Waals surface area contributed by atoms with E-state index >= 15 is 0 Å². The fourth-order valence-electron chi connectivity index (χ4n) is 1.96. The van der Waals surface area contributed by atoms with Crippen LogP contribution in [0.3, 0.4) is 0 Å². The molecule has 0 atom stereocenters. The average Bonchev–Trinajstić information content (AvgIpc) is 3.26. The number of benzene rings is 1. The molecule has 0 fully saturated rings. The van der Waals surface area contributed by atoms with Crippen LogP contribution in [0.15, 0.2) is 46.0 Å². The molecule has 3 rings (SSSR count). The van der Waals surface area contributed by atoms with Crippen molar-refractivity contribution in [1.29, 1.82) is 0 Å². The number of nitrogens with one attached hydrogen (secondary N) is 3. The first-order chi connectivity index (χ1) is 12.6. The highest BCUT2D eigenvalue weighted by molar-refractivity contribution is 7.94. The number of sulfonamides is 1. The molecule has 2 heterocycles. The maximum absolute atomic E-state index is 12.5. The lowest BCUT2D eigenvalue weighted by atomic mass is 10.2. The first kappa shape index (κ1) is 18.8. The molecule has 1 aromatic carbocycles. The molecule has 0 radical (unpaired) electrons. The highest BCUT2D eigenvalue weighted by Crippen LogP contribution is 2.26. The van der Waals surface area contributed by atoms with Crippen LogP contribution in [0.4, 0.5) is 24.8 Å². The van der Waals surface area contributed by atoms with Gasteiger partial charge in [0, 0.05) is 11.3 Å². The number of alkyl halides is 3. The fraction of sp³-hybridized carbons (Fsp3) is 0.0714. The highest BCUT2D eigenvalue weighted by Gasteiger charge is 2.35. The molecule has 142 valence electrons. The van der Waals surface area contributed by atoms with Crippen LogP contribution in [-0.4, -0.2) is 29.5 Å². The van der Waals surface area contributed by atoms with Gasteiger partial charge in [0.1, 0.15) is 4.21 Å². The molecule has 0 aliphatic carbocycles. The fourth-order valence-corrected chi connectivity index (χ4v) is 4.01. The monoisotopic (exact) mass is 417 g/mol. The number of nitrogens with zero attached hydrogens (tertiary/aromatic N) is 2. The average molecular weight is 417 g/mol. The van der Waals surface area contributed by atoms with E-state index in [1.54, 1.807) is 16.5 Å². The van der Waals surface area contributed by atoms with Crippen LogP contribution in [0.2, 0.25) is 0 Å². The predicted molar refractivity (Wildman–Crippen MR) is 90.9 cm³/mol. The van der Waals surface area contributed by atoms with Crippen LogP contribution in [0.5, 0.6) is 0 Å². The number of hydrogen-bond donors (Lipinski definition) is 3. The van der Waals surface area contributed by atoms with Crippen molar-refractivity contribution in [2.75, 3.05) is 10.0 Å². The topological polar surface area (TPSA) is 117 Å². The van der Waals surface area contributed by atoms with E-state index < -0.39 is 33.9 Å². The molecule has 0 saturated heterocycles. The van der Waals surface area contributed by atoms with Crippen LogP contribution < -0.4 is 10.0 Å². The molecular formula is C14H10F3N5O3S2. The number of thiophene rings is 1. The van der Waals surface area contributed by atoms with Gasteiger partial charge in [-0.15, -0.1) is 16.4 Å². The SMILES string of the molecule is O=C(Nc1n[nH]c(C(F)(F)F)n1)c1cccc(NS(=O)(=O)c2cccs2)c1. The van der Waals surface area contributed by atoms with E-state index in [0.717, 1.165) is 11.3 Å². The van der Waals surface area contributed by atoms with Crippen LogP contribution in [0.1, 0.15) is 16.2 Å². The minimum atomic E-state index is -4.73. The van der Waals surface area contributed by atoms with E-state index in [9.17, 15) is 26.4 Å². The highest BCUT2D eigenvalue weighted by atomic mass is 32.2. The maximum atomic E-state index is 12.5. The standard InChI is InChI=1S/C14H10F3N5O3S2/c15-14(16,17)12-19-13(21-20-12)18-11(23)8-3-1-4-9(7-8)22-27(24,25)10-5-2-6-26-10/h1-7,22H,(H2,18,19,20,21,23). The Kier molecular flexibility index (Phi) is 4.89. The van der Waals surface area contributed by atoms with Crippen molar-refractivity contribution in [3.63, 3.8) is 0 Å². The van der Waals surface area contributed by atoms with Crippen molar-refractivity contribution in [2.24, 2.45) is 0 Å². The summed E-state index contributed by atoms with van der Waals surface area (Å²) in [5.41, 5.74) is 0.113. The third-order valence-corrected chi connectivity index (χ3v) is 5.89. The van der Waals surface area contributed by atoms with Crippen molar-refractivity contribution < 1.29 is 26.4 Å². The Morgan fingerprint density at radius 2 is 1.96 bits per heavy atom. The molecule has 0 spiro atoms. The summed E-state index contributed by atoms with van der Waals surface area (Å²) < 4.78 is 64.2. The lowest BCUT2D eigenvalue weighted by molar-refractivity contribution is -0.144. The second-order valence-electron chi connectivity index (χ2n) is 5.08. The number of halogens is 3. The van der Waals surface area contributed by atoms with Gasteiger partial charge in [-0.3, -0.25) is 19.9 Å². The minimum absolute atomic E-state index is 0.000242. The molecule has 3 aromatic rings. The summed E-state index contributed by atoms with van der Waals surface area (Å²) in [5, 5.41) is 8.64. The van der Waals surface area contributed by atoms with Gasteiger partial charge in [0.2, 0.25) is 11.8 Å². The smallest absolute Gasteiger partial charge is 0.289 e. The molecule has 27 heavy (non-hydrogen) atoms. The van der Waals surface area contributed by atoms with E-state index in [2.05, 4.69) is 20.1 Å². The van der Waals surface area contributed by atoms with E-state index in [0.29, 0.717) is 0 Å². The van der Waals surface area contributed by atoms with Gasteiger partial charge in [0.15, 0.2) is 0 Å². The minimum Gasteiger partial charge on any atom is -0.289 e. The Hall–Kier alpha value is -2.93. The number of carbonyl (C=O) groups is 1. The van der Waals surface area contributed by atoms with E-state index in [1.165, 1.54) is 30.3 Å². The third kappa shape index (κ3) is 4.43. The second kappa shape index (κ2) is 7.00. The maximum Gasteiger partial charge on any atom is 0.451 e. The normalized spacial score (nSPS) is 12.0. The van der Waals surface area contributed by atoms with Gasteiger partial charge in [-0.25, -0.2) is 8.42 Å². The zero-order chi connectivity index (χ0) is 19.7. The first-order valence-corrected chi connectivity index (χ1v) is 9.49. The number of H-pyrrole nitrogens is 1. The first-order valence-electron chi connectivity index (χ1n) is 7.12. The Balaban J connectivity index is 1.75. The van der Waals surface area contributed by atoms with Gasteiger partial charge in [0.25, 0.3) is 15.9 Å². The number of carbonyl (C=O) groups excluding carboxylic acids is 1. The zero-order valence-electron chi connectivity index (χ0n) is 13.1. The zero-order valence-corrected chi connectivity index (χ0v) is 14.7. The Labute approximate surface area is 154 Å². The van der Waals surface area contributed by atoms with E-state index in [4.69, 9.17) is 0 Å². The van der Waals surface area contributed by atoms with Gasteiger partial charge < -0.3 is 0 Å². The Morgan fingerprint density at radius 1 is 1.19 bits per heavy atom. The van der Waals surface area contributed by atoms with Crippen molar-refractivity contribution in [3.05, 3.63) is 53.2 Å². The van der Waals surface area contributed by atoms with Crippen molar-refractivity contribution in [3.8, 4) is 0 Å². The lowest BCUT2D eigenvalue weighted by Gasteiger charge is -2.08. The molecule has 0 saturated carbocycles. The molecule has 2 aromatic heterocycles. The molecule has 0 aliphatic rings. The molecule has 0 aliphatic heterocycles. The van der Waals surface area contributed by atoms with Gasteiger partial charge in [-0.1, -0.05) is 12.1 Å². The lowest BCUT2D eigenvalue weighted by Crippen LogP contribution is -2.15. The molecule has 0 bridgehead atoms. The van der Waals surface area contributed by atoms with Crippen LogP contribution in [-0.2, 0) is 16.2 Å². The second-order valence-corrected chi connectivity index (χ2v) is 7.93. The summed E-state index contributed by atoms with van der Waals surface area (Å²) in [6.45, 7) is 0. The van der Waals surface area contributed by atoms with Gasteiger partial charge in [0.05, 0.1) is 0 Å². The Bertz CT molecular complexity index is 1060. The predicted octanol–water partition coefficient (Wildman–Crippen LogP) is 2.94.